The Morgan fingerprint density at radius 3 is 2.74 bits per heavy atom. The number of nitrogens with two attached hydrogens (primary N) is 1. The molecule has 4 rings (SSSR count). The van der Waals surface area contributed by atoms with E-state index in [-0.39, 0.29) is 11.9 Å². The van der Waals surface area contributed by atoms with Gasteiger partial charge < -0.3 is 20.3 Å². The lowest BCUT2D eigenvalue weighted by Crippen LogP contribution is -2.47. The highest BCUT2D eigenvalue weighted by atomic mass is 32.2. The molecule has 2 amide bonds. The molecule has 0 aliphatic carbocycles. The van der Waals surface area contributed by atoms with Crippen molar-refractivity contribution in [2.45, 2.75) is 63.1 Å². The zero-order chi connectivity index (χ0) is 27.1. The minimum absolute atomic E-state index is 0.00250. The molecule has 0 atom stereocenters. The number of benzene rings is 1. The molecule has 1 aromatic heterocycles. The molecule has 1 aromatic carbocycles. The number of fused-ring (bicyclic) bond motifs is 1. The molecule has 0 saturated carbocycles. The number of piperidine rings is 1. The molecule has 0 radical (unpaired) electrons. The Labute approximate surface area is 231 Å². The summed E-state index contributed by atoms with van der Waals surface area (Å²) in [6.07, 6.45) is 7.50. The number of carbonyl (C=O) groups is 2. The van der Waals surface area contributed by atoms with Crippen LogP contribution in [0.1, 0.15) is 60.1 Å². The topological polar surface area (TPSA) is 121 Å². The predicted molar refractivity (Wildman–Crippen MR) is 156 cm³/mol. The van der Waals surface area contributed by atoms with Gasteiger partial charge in [-0.05, 0) is 81.5 Å². The van der Waals surface area contributed by atoms with Crippen LogP contribution in [0.4, 0.5) is 10.5 Å². The molecule has 0 unspecified atom stereocenters. The van der Waals surface area contributed by atoms with E-state index in [1.54, 1.807) is 0 Å². The van der Waals surface area contributed by atoms with E-state index >= 15 is 0 Å². The molecular formula is C27H34N6O3S2. The van der Waals surface area contributed by atoms with Gasteiger partial charge in [-0.3, -0.25) is 9.93 Å². The van der Waals surface area contributed by atoms with Crippen LogP contribution in [0.2, 0.25) is 0 Å². The molecule has 0 spiro atoms. The molecule has 1 fully saturated rings. The normalized spacial score (nSPS) is 19.5. The smallest absolute Gasteiger partial charge is 0.407 e. The van der Waals surface area contributed by atoms with Gasteiger partial charge in [0.05, 0.1) is 11.4 Å². The third-order valence-electron chi connectivity index (χ3n) is 5.91. The maximum absolute atomic E-state index is 13.3. The van der Waals surface area contributed by atoms with Crippen molar-refractivity contribution in [2.24, 2.45) is 15.1 Å². The molecule has 2 aliphatic rings. The van der Waals surface area contributed by atoms with Crippen LogP contribution in [0.15, 0.2) is 51.3 Å². The number of thiophene rings is 1. The largest absolute Gasteiger partial charge is 0.444 e. The van der Waals surface area contributed by atoms with Crippen LogP contribution in [-0.2, 0) is 11.3 Å². The van der Waals surface area contributed by atoms with Crippen molar-refractivity contribution in [3.8, 4) is 0 Å². The quantitative estimate of drug-likeness (QED) is 0.441. The van der Waals surface area contributed by atoms with Crippen molar-refractivity contribution in [1.82, 2.24) is 10.2 Å². The summed E-state index contributed by atoms with van der Waals surface area (Å²) in [4.78, 5) is 39.1. The molecule has 4 N–H and O–H groups in total. The second-order valence-electron chi connectivity index (χ2n) is 10.1. The first-order chi connectivity index (χ1) is 18.2. The number of nitrogens with one attached hydrogen (secondary N) is 2. The number of hydrogen-bond acceptors (Lipinski definition) is 9. The number of allylic oxidation sites excluding steroid dienone is 1. The number of hydrogen-bond donors (Lipinski definition) is 3. The number of amides is 2. The lowest BCUT2D eigenvalue weighted by Gasteiger charge is -2.32. The van der Waals surface area contributed by atoms with Crippen molar-refractivity contribution in [1.29, 1.82) is 0 Å². The van der Waals surface area contributed by atoms with Crippen molar-refractivity contribution >= 4 is 59.2 Å². The van der Waals surface area contributed by atoms with Gasteiger partial charge in [0.2, 0.25) is 5.96 Å². The standard InChI is InChI=1S/C27H34N6O3S2/c1-27(2,3)36-26(35)32-19-10-13-33(14-11-19)24(34)23-15-18-17-30-25(29-12-5-4-9-22(18)37-23)31-20-7-6-8-21(16-20)38-28/h4,6-9,12,15-16,19H,5,10-11,13-14,17,28H2,1-3H3,(H,30,31)(H,32,35)/b9-4-,29-12-. The second-order valence-corrected chi connectivity index (χ2v) is 11.9. The van der Waals surface area contributed by atoms with E-state index in [1.807, 2.05) is 74.4 Å². The minimum Gasteiger partial charge on any atom is -0.444 e. The lowest BCUT2D eigenvalue weighted by atomic mass is 10.0. The molecule has 11 heteroatoms. The highest BCUT2D eigenvalue weighted by molar-refractivity contribution is 7.97. The average molecular weight is 555 g/mol. The highest BCUT2D eigenvalue weighted by Crippen LogP contribution is 2.28. The van der Waals surface area contributed by atoms with E-state index in [0.29, 0.717) is 49.7 Å². The minimum atomic E-state index is -0.537. The summed E-state index contributed by atoms with van der Waals surface area (Å²) < 4.78 is 5.35. The Balaban J connectivity index is 1.40. The maximum Gasteiger partial charge on any atom is 0.407 e. The molecule has 3 heterocycles. The summed E-state index contributed by atoms with van der Waals surface area (Å²) in [5.41, 5.74) is 1.30. The summed E-state index contributed by atoms with van der Waals surface area (Å²) >= 11 is 2.67. The van der Waals surface area contributed by atoms with E-state index < -0.39 is 11.7 Å². The van der Waals surface area contributed by atoms with Crippen LogP contribution in [0, 0.1) is 0 Å². The fourth-order valence-corrected chi connectivity index (χ4v) is 5.52. The molecule has 202 valence electrons. The Hall–Kier alpha value is -3.15. The van der Waals surface area contributed by atoms with E-state index in [9.17, 15) is 9.59 Å². The van der Waals surface area contributed by atoms with Gasteiger partial charge in [-0.1, -0.05) is 12.1 Å². The van der Waals surface area contributed by atoms with Crippen molar-refractivity contribution in [3.05, 3.63) is 51.7 Å². The number of nitrogens with zero attached hydrogens (tertiary/aromatic N) is 3. The molecular weight excluding hydrogens is 520 g/mol. The summed E-state index contributed by atoms with van der Waals surface area (Å²) in [6, 6.07) is 9.69. The monoisotopic (exact) mass is 554 g/mol. The number of alkyl carbamates (subject to hydrolysis) is 1. The molecule has 0 bridgehead atoms. The van der Waals surface area contributed by atoms with Gasteiger partial charge in [0.15, 0.2) is 0 Å². The van der Waals surface area contributed by atoms with Crippen LogP contribution in [0.5, 0.6) is 0 Å². The van der Waals surface area contributed by atoms with Gasteiger partial charge in [0, 0.05) is 47.2 Å². The van der Waals surface area contributed by atoms with Gasteiger partial charge in [-0.2, -0.15) is 0 Å². The van der Waals surface area contributed by atoms with Gasteiger partial charge in [0.1, 0.15) is 5.60 Å². The predicted octanol–water partition coefficient (Wildman–Crippen LogP) is 5.30. The summed E-state index contributed by atoms with van der Waals surface area (Å²) in [7, 11) is 0. The van der Waals surface area contributed by atoms with Crippen molar-refractivity contribution < 1.29 is 14.3 Å². The highest BCUT2D eigenvalue weighted by Gasteiger charge is 2.27. The van der Waals surface area contributed by atoms with Crippen LogP contribution in [-0.4, -0.2) is 53.8 Å². The third kappa shape index (κ3) is 7.92. The number of rotatable bonds is 4. The third-order valence-corrected chi connectivity index (χ3v) is 7.56. The summed E-state index contributed by atoms with van der Waals surface area (Å²) in [5, 5.41) is 11.9. The summed E-state index contributed by atoms with van der Waals surface area (Å²) in [6.45, 7) is 7.08. The number of anilines is 1. The van der Waals surface area contributed by atoms with Gasteiger partial charge in [0.25, 0.3) is 5.91 Å². The zero-order valence-electron chi connectivity index (χ0n) is 21.9. The van der Waals surface area contributed by atoms with E-state index in [2.05, 4.69) is 15.6 Å². The Morgan fingerprint density at radius 2 is 2.00 bits per heavy atom. The Bertz CT molecular complexity index is 1240. The van der Waals surface area contributed by atoms with E-state index in [1.165, 1.54) is 23.3 Å². The molecule has 2 aromatic rings. The number of likely N-dealkylation sites (tertiary alicyclic amines) is 1. The summed E-state index contributed by atoms with van der Waals surface area (Å²) in [5.74, 6) is 0.514. The van der Waals surface area contributed by atoms with E-state index in [0.717, 1.165) is 21.0 Å². The fraction of sp³-hybridized carbons (Fsp3) is 0.407. The number of ether oxygens (including phenoxy) is 1. The Morgan fingerprint density at radius 1 is 1.21 bits per heavy atom. The fourth-order valence-electron chi connectivity index (χ4n) is 4.09. The molecule has 38 heavy (non-hydrogen) atoms. The van der Waals surface area contributed by atoms with Gasteiger partial charge in [-0.25, -0.2) is 14.8 Å². The number of guanidine groups is 1. The van der Waals surface area contributed by atoms with Gasteiger partial charge in [-0.15, -0.1) is 11.3 Å². The maximum atomic E-state index is 13.3. The van der Waals surface area contributed by atoms with Gasteiger partial charge >= 0.3 is 6.09 Å². The molecule has 1 saturated heterocycles. The van der Waals surface area contributed by atoms with Crippen LogP contribution >= 0.6 is 23.3 Å². The first-order valence-electron chi connectivity index (χ1n) is 12.6. The lowest BCUT2D eigenvalue weighted by molar-refractivity contribution is 0.0474. The Kier molecular flexibility index (Phi) is 9.24. The zero-order valence-corrected chi connectivity index (χ0v) is 23.5. The first-order valence-corrected chi connectivity index (χ1v) is 14.3. The first kappa shape index (κ1) is 27.9. The molecule has 9 nitrogen and oxygen atoms in total. The van der Waals surface area contributed by atoms with Crippen molar-refractivity contribution in [2.75, 3.05) is 18.4 Å². The van der Waals surface area contributed by atoms with Crippen LogP contribution in [0.3, 0.4) is 0 Å². The van der Waals surface area contributed by atoms with Crippen LogP contribution in [0.25, 0.3) is 6.08 Å². The van der Waals surface area contributed by atoms with Crippen molar-refractivity contribution in [3.63, 3.8) is 0 Å². The average Bonchev–Trinajstić information content (AvgIpc) is 3.29. The number of carbonyl (C=O) groups excluding carboxylic acids is 2. The van der Waals surface area contributed by atoms with Crippen LogP contribution < -0.4 is 15.8 Å². The SMILES string of the molecule is CC(C)(C)OC(=O)NC1CCN(C(=O)c2cc3c(s2)/C=C\C/C=N\C(Nc2cccc(SN)c2)=N/C3)CC1. The number of aliphatic imine (C=N–C) groups is 2. The molecule has 2 aliphatic heterocycles. The second kappa shape index (κ2) is 12.6. The van der Waals surface area contributed by atoms with E-state index in [4.69, 9.17) is 14.9 Å².